The number of halogens is 1. The summed E-state index contributed by atoms with van der Waals surface area (Å²) in [6, 6.07) is 10.7. The van der Waals surface area contributed by atoms with Gasteiger partial charge in [0.25, 0.3) is 0 Å². The minimum atomic E-state index is 0.685. The fourth-order valence-electron chi connectivity index (χ4n) is 2.34. The van der Waals surface area contributed by atoms with Crippen LogP contribution in [-0.4, -0.2) is 23.0 Å². The second kappa shape index (κ2) is 5.39. The van der Waals surface area contributed by atoms with Gasteiger partial charge >= 0.3 is 0 Å². The highest BCUT2D eigenvalue weighted by Crippen LogP contribution is 2.27. The molecule has 4 heteroatoms. The highest BCUT2D eigenvalue weighted by Gasteiger charge is 2.19. The molecule has 1 aromatic heterocycles. The van der Waals surface area contributed by atoms with Crippen LogP contribution in [0, 0.1) is 0 Å². The van der Waals surface area contributed by atoms with E-state index in [4.69, 9.17) is 11.6 Å². The molecular weight excluding hydrogens is 264 g/mol. The summed E-state index contributed by atoms with van der Waals surface area (Å²) in [5.74, 6) is 0. The maximum absolute atomic E-state index is 5.96. The molecule has 0 unspecified atom stereocenters. The monoisotopic (exact) mass is 278 g/mol. The molecule has 1 aliphatic heterocycles. The Morgan fingerprint density at radius 3 is 2.94 bits per heavy atom. The van der Waals surface area contributed by atoms with Crippen molar-refractivity contribution < 1.29 is 0 Å². The van der Waals surface area contributed by atoms with E-state index in [0.717, 1.165) is 32.5 Å². The second-order valence-electron chi connectivity index (χ2n) is 4.60. The van der Waals surface area contributed by atoms with Gasteiger partial charge in [0.2, 0.25) is 0 Å². The lowest BCUT2D eigenvalue weighted by atomic mass is 10.1. The summed E-state index contributed by atoms with van der Waals surface area (Å²) >= 11 is 7.59. The molecule has 0 spiro atoms. The lowest BCUT2D eigenvalue weighted by Gasteiger charge is -2.25. The molecule has 0 fully saturated rings. The van der Waals surface area contributed by atoms with Gasteiger partial charge in [0.1, 0.15) is 0 Å². The average Bonchev–Trinajstić information content (AvgIpc) is 2.77. The van der Waals surface area contributed by atoms with Crippen LogP contribution in [-0.2, 0) is 19.4 Å². The lowest BCUT2D eigenvalue weighted by Crippen LogP contribution is -2.31. The number of thiazole rings is 1. The van der Waals surface area contributed by atoms with Crippen molar-refractivity contribution in [3.05, 3.63) is 50.9 Å². The van der Waals surface area contributed by atoms with Crippen LogP contribution in [0.4, 0.5) is 0 Å². The molecule has 0 N–H and O–H groups in total. The van der Waals surface area contributed by atoms with Gasteiger partial charge in [-0.2, -0.15) is 0 Å². The average molecular weight is 279 g/mol. The van der Waals surface area contributed by atoms with E-state index >= 15 is 0 Å². The summed E-state index contributed by atoms with van der Waals surface area (Å²) in [5.41, 5.74) is 2.62. The molecule has 0 radical (unpaired) electrons. The molecular formula is C14H15ClN2S. The van der Waals surface area contributed by atoms with Gasteiger partial charge < -0.3 is 0 Å². The highest BCUT2D eigenvalue weighted by molar-refractivity contribution is 7.15. The van der Waals surface area contributed by atoms with Crippen molar-refractivity contribution in [2.75, 3.05) is 13.1 Å². The first-order chi connectivity index (χ1) is 8.81. The van der Waals surface area contributed by atoms with Gasteiger partial charge in [-0.1, -0.05) is 41.9 Å². The van der Waals surface area contributed by atoms with Gasteiger partial charge in [-0.15, -0.1) is 11.3 Å². The number of fused-ring (bicyclic) bond motifs is 1. The third kappa shape index (κ3) is 2.74. The second-order valence-corrected chi connectivity index (χ2v) is 6.26. The molecule has 0 bridgehead atoms. The predicted octanol–water partition coefficient (Wildman–Crippen LogP) is 3.40. The first kappa shape index (κ1) is 12.2. The molecule has 1 aromatic carbocycles. The maximum Gasteiger partial charge on any atom is 0.184 e. The van der Waals surface area contributed by atoms with E-state index in [2.05, 4.69) is 40.2 Å². The van der Waals surface area contributed by atoms with Crippen molar-refractivity contribution in [2.24, 2.45) is 0 Å². The SMILES string of the molecule is Clc1nc2c(s1)CN(CCc1ccccc1)CC2. The van der Waals surface area contributed by atoms with E-state index in [1.54, 1.807) is 11.3 Å². The summed E-state index contributed by atoms with van der Waals surface area (Å²) in [7, 11) is 0. The Balaban J connectivity index is 1.60. The minimum Gasteiger partial charge on any atom is -0.297 e. The highest BCUT2D eigenvalue weighted by atomic mass is 35.5. The molecule has 0 atom stereocenters. The van der Waals surface area contributed by atoms with Crippen molar-refractivity contribution in [2.45, 2.75) is 19.4 Å². The fourth-order valence-corrected chi connectivity index (χ4v) is 3.59. The molecule has 0 saturated heterocycles. The van der Waals surface area contributed by atoms with Crippen LogP contribution in [0.3, 0.4) is 0 Å². The van der Waals surface area contributed by atoms with Crippen molar-refractivity contribution in [1.29, 1.82) is 0 Å². The molecule has 0 saturated carbocycles. The van der Waals surface area contributed by atoms with E-state index in [9.17, 15) is 0 Å². The van der Waals surface area contributed by atoms with Crippen LogP contribution in [0.2, 0.25) is 4.47 Å². The summed E-state index contributed by atoms with van der Waals surface area (Å²) < 4.78 is 0.685. The molecule has 0 aliphatic carbocycles. The summed E-state index contributed by atoms with van der Waals surface area (Å²) in [4.78, 5) is 8.20. The standard InChI is InChI=1S/C14H15ClN2S/c15-14-16-12-7-9-17(10-13(12)18-14)8-6-11-4-2-1-3-5-11/h1-5H,6-10H2. The molecule has 2 nitrogen and oxygen atoms in total. The summed E-state index contributed by atoms with van der Waals surface area (Å²) in [5, 5.41) is 0. The number of hydrogen-bond acceptors (Lipinski definition) is 3. The Morgan fingerprint density at radius 2 is 2.11 bits per heavy atom. The molecule has 2 heterocycles. The summed E-state index contributed by atoms with van der Waals surface area (Å²) in [6.07, 6.45) is 2.15. The Labute approximate surface area is 116 Å². The topological polar surface area (TPSA) is 16.1 Å². The number of hydrogen-bond donors (Lipinski definition) is 0. The number of benzene rings is 1. The number of rotatable bonds is 3. The lowest BCUT2D eigenvalue weighted by molar-refractivity contribution is 0.259. The van der Waals surface area contributed by atoms with E-state index in [-0.39, 0.29) is 0 Å². The van der Waals surface area contributed by atoms with E-state index in [1.165, 1.54) is 16.1 Å². The van der Waals surface area contributed by atoms with Crippen LogP contribution in [0.1, 0.15) is 16.1 Å². The molecule has 18 heavy (non-hydrogen) atoms. The van der Waals surface area contributed by atoms with Crippen molar-refractivity contribution >= 4 is 22.9 Å². The van der Waals surface area contributed by atoms with Crippen molar-refractivity contribution in [3.8, 4) is 0 Å². The molecule has 94 valence electrons. The third-order valence-electron chi connectivity index (χ3n) is 3.34. The Kier molecular flexibility index (Phi) is 3.64. The van der Waals surface area contributed by atoms with Gasteiger partial charge in [-0.25, -0.2) is 4.98 Å². The zero-order valence-corrected chi connectivity index (χ0v) is 11.7. The predicted molar refractivity (Wildman–Crippen MR) is 76.3 cm³/mol. The number of nitrogens with zero attached hydrogens (tertiary/aromatic N) is 2. The van der Waals surface area contributed by atoms with Crippen LogP contribution >= 0.6 is 22.9 Å². The van der Waals surface area contributed by atoms with Gasteiger partial charge in [0.15, 0.2) is 4.47 Å². The zero-order valence-electron chi connectivity index (χ0n) is 10.1. The van der Waals surface area contributed by atoms with Crippen LogP contribution in [0.15, 0.2) is 30.3 Å². The van der Waals surface area contributed by atoms with E-state index < -0.39 is 0 Å². The first-order valence-electron chi connectivity index (χ1n) is 6.21. The zero-order chi connectivity index (χ0) is 12.4. The van der Waals surface area contributed by atoms with E-state index in [0.29, 0.717) is 4.47 Å². The van der Waals surface area contributed by atoms with Crippen molar-refractivity contribution in [1.82, 2.24) is 9.88 Å². The van der Waals surface area contributed by atoms with Crippen LogP contribution in [0.5, 0.6) is 0 Å². The number of aromatic nitrogens is 1. The summed E-state index contributed by atoms with van der Waals surface area (Å²) in [6.45, 7) is 3.21. The van der Waals surface area contributed by atoms with Crippen LogP contribution in [0.25, 0.3) is 0 Å². The minimum absolute atomic E-state index is 0.685. The normalized spacial score (nSPS) is 15.6. The van der Waals surface area contributed by atoms with Gasteiger partial charge in [0.05, 0.1) is 5.69 Å². The largest absolute Gasteiger partial charge is 0.297 e. The van der Waals surface area contributed by atoms with Crippen LogP contribution < -0.4 is 0 Å². The van der Waals surface area contributed by atoms with Gasteiger partial charge in [-0.05, 0) is 12.0 Å². The molecule has 0 amide bonds. The smallest absolute Gasteiger partial charge is 0.184 e. The Hall–Kier alpha value is -0.900. The maximum atomic E-state index is 5.96. The third-order valence-corrected chi connectivity index (χ3v) is 4.53. The Bertz CT molecular complexity index is 524. The van der Waals surface area contributed by atoms with Crippen molar-refractivity contribution in [3.63, 3.8) is 0 Å². The van der Waals surface area contributed by atoms with E-state index in [1.807, 2.05) is 0 Å². The quantitative estimate of drug-likeness (QED) is 0.855. The van der Waals surface area contributed by atoms with Gasteiger partial charge in [0, 0.05) is 30.9 Å². The Morgan fingerprint density at radius 1 is 1.28 bits per heavy atom. The molecule has 2 aromatic rings. The first-order valence-corrected chi connectivity index (χ1v) is 7.41. The molecule has 1 aliphatic rings. The fraction of sp³-hybridized carbons (Fsp3) is 0.357. The van der Waals surface area contributed by atoms with Gasteiger partial charge in [-0.3, -0.25) is 4.90 Å². The molecule has 3 rings (SSSR count).